The molecule has 0 saturated carbocycles. The molecular formula is C20H15FN8O. The van der Waals surface area contributed by atoms with E-state index in [4.69, 9.17) is 11.0 Å². The quantitative estimate of drug-likeness (QED) is 0.467. The maximum Gasteiger partial charge on any atom is 0.275 e. The highest BCUT2D eigenvalue weighted by Gasteiger charge is 2.12. The number of halogens is 1. The van der Waals surface area contributed by atoms with Crippen LogP contribution in [0, 0.1) is 17.1 Å². The number of hydrogen-bond acceptors (Lipinski definition) is 7. The van der Waals surface area contributed by atoms with E-state index in [0.29, 0.717) is 28.4 Å². The fraction of sp³-hybridized carbons (Fsp3) is 0.0500. The van der Waals surface area contributed by atoms with Crippen molar-refractivity contribution in [1.82, 2.24) is 19.4 Å². The minimum absolute atomic E-state index is 0.122. The summed E-state index contributed by atoms with van der Waals surface area (Å²) in [7, 11) is 0. The van der Waals surface area contributed by atoms with Crippen molar-refractivity contribution in [3.05, 3.63) is 77.9 Å². The van der Waals surface area contributed by atoms with E-state index in [0.717, 1.165) is 0 Å². The Morgan fingerprint density at radius 1 is 1.27 bits per heavy atom. The summed E-state index contributed by atoms with van der Waals surface area (Å²) in [5, 5.41) is 14.6. The lowest BCUT2D eigenvalue weighted by Crippen LogP contribution is -2.15. The number of nitrogens with two attached hydrogens (primary N) is 1. The first-order chi connectivity index (χ1) is 14.5. The van der Waals surface area contributed by atoms with Crippen molar-refractivity contribution < 1.29 is 9.18 Å². The Labute approximate surface area is 170 Å². The summed E-state index contributed by atoms with van der Waals surface area (Å²) in [6, 6.07) is 9.64. The van der Waals surface area contributed by atoms with Gasteiger partial charge in [-0.15, -0.1) is 0 Å². The predicted octanol–water partition coefficient (Wildman–Crippen LogP) is 2.58. The number of nitrogen functional groups attached to an aromatic ring is 1. The van der Waals surface area contributed by atoms with Gasteiger partial charge in [-0.05, 0) is 30.3 Å². The van der Waals surface area contributed by atoms with Gasteiger partial charge in [-0.25, -0.2) is 19.3 Å². The van der Waals surface area contributed by atoms with Crippen LogP contribution in [0.5, 0.6) is 0 Å². The molecule has 30 heavy (non-hydrogen) atoms. The zero-order valence-corrected chi connectivity index (χ0v) is 15.5. The van der Waals surface area contributed by atoms with Crippen LogP contribution in [0.4, 0.5) is 21.6 Å². The average Bonchev–Trinajstić information content (AvgIpc) is 3.17. The Bertz CT molecular complexity index is 1290. The molecule has 10 heteroatoms. The van der Waals surface area contributed by atoms with Gasteiger partial charge in [0.15, 0.2) is 11.3 Å². The Balaban J connectivity index is 1.50. The van der Waals surface area contributed by atoms with E-state index < -0.39 is 11.7 Å². The van der Waals surface area contributed by atoms with Gasteiger partial charge in [-0.2, -0.15) is 5.26 Å². The number of imidazole rings is 1. The van der Waals surface area contributed by atoms with Crippen molar-refractivity contribution in [3.63, 3.8) is 0 Å². The van der Waals surface area contributed by atoms with E-state index in [-0.39, 0.29) is 17.9 Å². The van der Waals surface area contributed by atoms with Gasteiger partial charge in [0.25, 0.3) is 5.91 Å². The molecule has 3 heterocycles. The first-order valence-corrected chi connectivity index (χ1v) is 8.82. The largest absolute Gasteiger partial charge is 0.382 e. The first-order valence-electron chi connectivity index (χ1n) is 8.82. The maximum absolute atomic E-state index is 14.2. The van der Waals surface area contributed by atoms with Gasteiger partial charge in [-0.3, -0.25) is 4.79 Å². The number of amides is 1. The summed E-state index contributed by atoms with van der Waals surface area (Å²) in [5.74, 6) is -0.598. The van der Waals surface area contributed by atoms with Crippen LogP contribution >= 0.6 is 0 Å². The summed E-state index contributed by atoms with van der Waals surface area (Å²) < 4.78 is 15.7. The second kappa shape index (κ2) is 7.84. The molecule has 4 aromatic rings. The van der Waals surface area contributed by atoms with Gasteiger partial charge in [0, 0.05) is 36.4 Å². The van der Waals surface area contributed by atoms with Crippen molar-refractivity contribution in [3.8, 4) is 6.07 Å². The Kier molecular flexibility index (Phi) is 4.92. The van der Waals surface area contributed by atoms with Crippen molar-refractivity contribution in [2.24, 2.45) is 0 Å². The number of hydrogen-bond donors (Lipinski definition) is 3. The molecule has 0 fully saturated rings. The Morgan fingerprint density at radius 3 is 2.93 bits per heavy atom. The highest BCUT2D eigenvalue weighted by molar-refractivity contribution is 6.02. The highest BCUT2D eigenvalue weighted by atomic mass is 19.1. The van der Waals surface area contributed by atoms with E-state index in [1.807, 2.05) is 6.07 Å². The van der Waals surface area contributed by atoms with E-state index >= 15 is 0 Å². The van der Waals surface area contributed by atoms with Gasteiger partial charge in [-0.1, -0.05) is 0 Å². The number of nitrogens with one attached hydrogen (secondary N) is 2. The van der Waals surface area contributed by atoms with Crippen molar-refractivity contribution in [1.29, 1.82) is 5.26 Å². The zero-order valence-electron chi connectivity index (χ0n) is 15.5. The van der Waals surface area contributed by atoms with E-state index in [9.17, 15) is 9.18 Å². The molecule has 0 spiro atoms. The molecule has 4 rings (SSSR count). The third-order valence-corrected chi connectivity index (χ3v) is 4.30. The minimum atomic E-state index is -0.480. The lowest BCUT2D eigenvalue weighted by Gasteiger charge is -2.11. The van der Waals surface area contributed by atoms with E-state index in [2.05, 4.69) is 25.6 Å². The molecule has 0 bridgehead atoms. The monoisotopic (exact) mass is 402 g/mol. The third kappa shape index (κ3) is 3.85. The van der Waals surface area contributed by atoms with Crippen LogP contribution in [-0.4, -0.2) is 25.3 Å². The Hall–Kier alpha value is -4.52. The molecule has 3 aromatic heterocycles. The molecule has 9 nitrogen and oxygen atoms in total. The summed E-state index contributed by atoms with van der Waals surface area (Å²) in [4.78, 5) is 24.6. The molecule has 0 unspecified atom stereocenters. The van der Waals surface area contributed by atoms with Crippen LogP contribution in [-0.2, 0) is 6.54 Å². The number of nitriles is 1. The standard InChI is InChI=1S/C20H15FN8O/c21-15-4-3-13(6-12(15)8-25-16-2-1-5-24-19(16)23)28-20(30)17-11-29-10-14(7-22)27-18(29)9-26-17/h1-6,9-11,25H,8H2,(H2,23,24)(H,28,30). The summed E-state index contributed by atoms with van der Waals surface area (Å²) in [5.41, 5.74) is 7.90. The second-order valence-electron chi connectivity index (χ2n) is 6.33. The van der Waals surface area contributed by atoms with E-state index in [1.54, 1.807) is 22.7 Å². The third-order valence-electron chi connectivity index (χ3n) is 4.30. The molecule has 0 aliphatic rings. The highest BCUT2D eigenvalue weighted by Crippen LogP contribution is 2.19. The zero-order chi connectivity index (χ0) is 21.1. The van der Waals surface area contributed by atoms with Crippen LogP contribution in [0.3, 0.4) is 0 Å². The summed E-state index contributed by atoms with van der Waals surface area (Å²) in [6.07, 6.45) is 5.93. The van der Waals surface area contributed by atoms with Crippen LogP contribution in [0.15, 0.2) is 55.1 Å². The number of benzene rings is 1. The topological polar surface area (TPSA) is 134 Å². The maximum atomic E-state index is 14.2. The molecule has 0 radical (unpaired) electrons. The van der Waals surface area contributed by atoms with Gasteiger partial charge in [0.2, 0.25) is 0 Å². The fourth-order valence-corrected chi connectivity index (χ4v) is 2.81. The molecule has 1 amide bonds. The fourth-order valence-electron chi connectivity index (χ4n) is 2.81. The number of carbonyl (C=O) groups is 1. The van der Waals surface area contributed by atoms with Gasteiger partial charge >= 0.3 is 0 Å². The lowest BCUT2D eigenvalue weighted by molar-refractivity contribution is 0.102. The van der Waals surface area contributed by atoms with Crippen LogP contribution in [0.1, 0.15) is 21.7 Å². The number of fused-ring (bicyclic) bond motifs is 1. The molecule has 4 N–H and O–H groups in total. The average molecular weight is 402 g/mol. The van der Waals surface area contributed by atoms with E-state index in [1.165, 1.54) is 36.8 Å². The molecule has 0 aliphatic carbocycles. The van der Waals surface area contributed by atoms with Gasteiger partial charge in [0.05, 0.1) is 11.9 Å². The van der Waals surface area contributed by atoms with Crippen LogP contribution in [0.25, 0.3) is 5.65 Å². The van der Waals surface area contributed by atoms with Crippen LogP contribution < -0.4 is 16.4 Å². The Morgan fingerprint density at radius 2 is 2.13 bits per heavy atom. The molecule has 0 atom stereocenters. The molecule has 1 aromatic carbocycles. The molecule has 0 aliphatic heterocycles. The lowest BCUT2D eigenvalue weighted by atomic mass is 10.1. The minimum Gasteiger partial charge on any atom is -0.382 e. The number of anilines is 3. The number of aromatic nitrogens is 4. The summed E-state index contributed by atoms with van der Waals surface area (Å²) >= 11 is 0. The smallest absolute Gasteiger partial charge is 0.275 e. The van der Waals surface area contributed by atoms with Crippen molar-refractivity contribution in [2.75, 3.05) is 16.4 Å². The molecule has 148 valence electrons. The number of nitrogens with zero attached hydrogens (tertiary/aromatic N) is 5. The van der Waals surface area contributed by atoms with Gasteiger partial charge in [0.1, 0.15) is 23.4 Å². The second-order valence-corrected chi connectivity index (χ2v) is 6.33. The SMILES string of the molecule is N#Cc1cn2cc(C(=O)Nc3ccc(F)c(CNc4cccnc4N)c3)ncc2n1. The van der Waals surface area contributed by atoms with Gasteiger partial charge < -0.3 is 20.8 Å². The number of rotatable bonds is 5. The number of pyridine rings is 1. The van der Waals surface area contributed by atoms with Crippen LogP contribution in [0.2, 0.25) is 0 Å². The van der Waals surface area contributed by atoms with Crippen molar-refractivity contribution in [2.45, 2.75) is 6.54 Å². The number of carbonyl (C=O) groups excluding carboxylic acids is 1. The molecular weight excluding hydrogens is 387 g/mol. The molecule has 0 saturated heterocycles. The summed E-state index contributed by atoms with van der Waals surface area (Å²) in [6.45, 7) is 0.154. The normalized spacial score (nSPS) is 10.5. The van der Waals surface area contributed by atoms with Crippen molar-refractivity contribution >= 4 is 28.7 Å². The first kappa shape index (κ1) is 18.8. The predicted molar refractivity (Wildman–Crippen MR) is 108 cm³/mol.